The highest BCUT2D eigenvalue weighted by Gasteiger charge is 2.29. The highest BCUT2D eigenvalue weighted by atomic mass is 16.5. The van der Waals surface area contributed by atoms with Crippen LogP contribution < -0.4 is 5.32 Å². The van der Waals surface area contributed by atoms with E-state index >= 15 is 0 Å². The van der Waals surface area contributed by atoms with Crippen LogP contribution in [0.25, 0.3) is 0 Å². The van der Waals surface area contributed by atoms with Gasteiger partial charge in [0.1, 0.15) is 11.6 Å². The van der Waals surface area contributed by atoms with E-state index < -0.39 is 0 Å². The third-order valence-electron chi connectivity index (χ3n) is 3.03. The molecule has 0 aromatic carbocycles. The van der Waals surface area contributed by atoms with Gasteiger partial charge in [-0.05, 0) is 26.2 Å². The fraction of sp³-hybridized carbons (Fsp3) is 0.667. The first-order chi connectivity index (χ1) is 7.71. The summed E-state index contributed by atoms with van der Waals surface area (Å²) in [6, 6.07) is 2.54. The highest BCUT2D eigenvalue weighted by molar-refractivity contribution is 5.38. The zero-order valence-electron chi connectivity index (χ0n) is 10.2. The van der Waals surface area contributed by atoms with Crippen LogP contribution in [-0.4, -0.2) is 29.2 Å². The van der Waals surface area contributed by atoms with E-state index in [4.69, 9.17) is 4.74 Å². The second-order valence-electron chi connectivity index (χ2n) is 4.32. The third kappa shape index (κ3) is 2.50. The molecule has 1 saturated carbocycles. The number of hydrogen-bond donors (Lipinski definition) is 1. The van der Waals surface area contributed by atoms with E-state index in [9.17, 15) is 0 Å². The van der Waals surface area contributed by atoms with Crippen molar-refractivity contribution in [2.24, 2.45) is 0 Å². The van der Waals surface area contributed by atoms with E-state index in [0.717, 1.165) is 36.6 Å². The quantitative estimate of drug-likeness (QED) is 0.844. The normalized spacial score (nSPS) is 23.9. The molecule has 0 amide bonds. The first-order valence-electron chi connectivity index (χ1n) is 5.85. The fourth-order valence-electron chi connectivity index (χ4n) is 1.97. The Kier molecular flexibility index (Phi) is 3.39. The van der Waals surface area contributed by atoms with Crippen molar-refractivity contribution in [3.8, 4) is 0 Å². The average molecular weight is 221 g/mol. The Morgan fingerprint density at radius 2 is 2.19 bits per heavy atom. The lowest BCUT2D eigenvalue weighted by Gasteiger charge is -2.34. The van der Waals surface area contributed by atoms with E-state index in [1.165, 1.54) is 0 Å². The summed E-state index contributed by atoms with van der Waals surface area (Å²) in [5.41, 5.74) is 1.10. The summed E-state index contributed by atoms with van der Waals surface area (Å²) in [5.74, 6) is 1.79. The summed E-state index contributed by atoms with van der Waals surface area (Å²) in [6.07, 6.45) is 3.51. The van der Waals surface area contributed by atoms with Crippen molar-refractivity contribution < 1.29 is 4.74 Å². The Labute approximate surface area is 96.4 Å². The van der Waals surface area contributed by atoms with E-state index in [0.29, 0.717) is 12.1 Å². The number of anilines is 1. The molecule has 1 aliphatic rings. The van der Waals surface area contributed by atoms with Crippen molar-refractivity contribution >= 4 is 5.82 Å². The number of nitrogens with zero attached hydrogens (tertiary/aromatic N) is 2. The Morgan fingerprint density at radius 1 is 1.44 bits per heavy atom. The van der Waals surface area contributed by atoms with Crippen LogP contribution >= 0.6 is 0 Å². The molecular formula is C12H19N3O. The number of ether oxygens (including phenoxy) is 1. The zero-order chi connectivity index (χ0) is 11.5. The minimum Gasteiger partial charge on any atom is -0.381 e. The van der Waals surface area contributed by atoms with Crippen LogP contribution in [0.2, 0.25) is 0 Å². The number of aryl methyl sites for hydroxylation is 2. The Hall–Kier alpha value is -1.16. The van der Waals surface area contributed by atoms with Gasteiger partial charge in [0.25, 0.3) is 0 Å². The van der Waals surface area contributed by atoms with Crippen LogP contribution in [0.3, 0.4) is 0 Å². The van der Waals surface area contributed by atoms with Crippen LogP contribution in [0.5, 0.6) is 0 Å². The summed E-state index contributed by atoms with van der Waals surface area (Å²) in [4.78, 5) is 8.75. The van der Waals surface area contributed by atoms with E-state index in [1.54, 1.807) is 7.11 Å². The van der Waals surface area contributed by atoms with Crippen LogP contribution in [0.1, 0.15) is 31.3 Å². The van der Waals surface area contributed by atoms with Crippen molar-refractivity contribution in [2.75, 3.05) is 12.4 Å². The Balaban J connectivity index is 1.97. The summed E-state index contributed by atoms with van der Waals surface area (Å²) in [6.45, 7) is 4.04. The number of hydrogen-bond acceptors (Lipinski definition) is 4. The minimum absolute atomic E-state index is 0.422. The first kappa shape index (κ1) is 11.3. The van der Waals surface area contributed by atoms with Gasteiger partial charge in [-0.3, -0.25) is 0 Å². The number of aromatic nitrogens is 2. The lowest BCUT2D eigenvalue weighted by Crippen LogP contribution is -2.40. The predicted molar refractivity (Wildman–Crippen MR) is 63.6 cm³/mol. The maximum absolute atomic E-state index is 5.25. The third-order valence-corrected chi connectivity index (χ3v) is 3.03. The molecule has 0 saturated heterocycles. The maximum Gasteiger partial charge on any atom is 0.130 e. The summed E-state index contributed by atoms with van der Waals surface area (Å²) in [5, 5.41) is 3.43. The molecule has 1 fully saturated rings. The van der Waals surface area contributed by atoms with Gasteiger partial charge in [0, 0.05) is 24.9 Å². The Morgan fingerprint density at radius 3 is 2.81 bits per heavy atom. The van der Waals surface area contributed by atoms with Gasteiger partial charge in [-0.1, -0.05) is 6.92 Å². The molecular weight excluding hydrogens is 202 g/mol. The number of methoxy groups -OCH3 is 1. The predicted octanol–water partition coefficient (Wildman–Crippen LogP) is 1.94. The zero-order valence-corrected chi connectivity index (χ0v) is 10.2. The first-order valence-corrected chi connectivity index (χ1v) is 5.85. The summed E-state index contributed by atoms with van der Waals surface area (Å²) in [7, 11) is 1.77. The second-order valence-corrected chi connectivity index (χ2v) is 4.32. The van der Waals surface area contributed by atoms with Crippen molar-refractivity contribution in [3.05, 3.63) is 17.6 Å². The van der Waals surface area contributed by atoms with E-state index in [2.05, 4.69) is 22.2 Å². The van der Waals surface area contributed by atoms with Gasteiger partial charge in [-0.25, -0.2) is 9.97 Å². The Bertz CT molecular complexity index is 361. The molecule has 0 atom stereocenters. The molecule has 88 valence electrons. The molecule has 0 radical (unpaired) electrons. The lowest BCUT2D eigenvalue weighted by atomic mass is 9.89. The molecule has 1 heterocycles. The van der Waals surface area contributed by atoms with Crippen molar-refractivity contribution in [1.82, 2.24) is 9.97 Å². The molecule has 16 heavy (non-hydrogen) atoms. The smallest absolute Gasteiger partial charge is 0.130 e. The van der Waals surface area contributed by atoms with Gasteiger partial charge in [0.2, 0.25) is 0 Å². The topological polar surface area (TPSA) is 47.0 Å². The second kappa shape index (κ2) is 4.78. The molecule has 4 nitrogen and oxygen atoms in total. The molecule has 0 aliphatic heterocycles. The summed E-state index contributed by atoms with van der Waals surface area (Å²) < 4.78 is 5.25. The average Bonchev–Trinajstić information content (AvgIpc) is 2.22. The highest BCUT2D eigenvalue weighted by Crippen LogP contribution is 2.25. The fourth-order valence-corrected chi connectivity index (χ4v) is 1.97. The molecule has 4 heteroatoms. The van der Waals surface area contributed by atoms with Crippen LogP contribution in [0.15, 0.2) is 6.07 Å². The molecule has 0 spiro atoms. The van der Waals surface area contributed by atoms with Crippen LogP contribution in [0, 0.1) is 6.92 Å². The van der Waals surface area contributed by atoms with Gasteiger partial charge in [0.15, 0.2) is 0 Å². The maximum atomic E-state index is 5.25. The van der Waals surface area contributed by atoms with Crippen molar-refractivity contribution in [1.29, 1.82) is 0 Å². The summed E-state index contributed by atoms with van der Waals surface area (Å²) >= 11 is 0. The van der Waals surface area contributed by atoms with Gasteiger partial charge in [-0.15, -0.1) is 0 Å². The standard InChI is InChI=1S/C12H19N3O/c1-4-9-7-12(14-8(2)13-9)15-10-5-11(6-10)16-3/h7,10-11H,4-6H2,1-3H3,(H,13,14,15). The van der Waals surface area contributed by atoms with Gasteiger partial charge < -0.3 is 10.1 Å². The van der Waals surface area contributed by atoms with Crippen molar-refractivity contribution in [3.63, 3.8) is 0 Å². The molecule has 1 aromatic heterocycles. The van der Waals surface area contributed by atoms with Crippen LogP contribution in [-0.2, 0) is 11.2 Å². The van der Waals surface area contributed by atoms with Crippen LogP contribution in [0.4, 0.5) is 5.82 Å². The SMILES string of the molecule is CCc1cc(NC2CC(OC)C2)nc(C)n1. The van der Waals surface area contributed by atoms with Gasteiger partial charge in [0.05, 0.1) is 6.10 Å². The number of rotatable bonds is 4. The largest absolute Gasteiger partial charge is 0.381 e. The lowest BCUT2D eigenvalue weighted by molar-refractivity contribution is 0.0328. The molecule has 1 aromatic rings. The van der Waals surface area contributed by atoms with Gasteiger partial charge in [-0.2, -0.15) is 0 Å². The van der Waals surface area contributed by atoms with Gasteiger partial charge >= 0.3 is 0 Å². The molecule has 1 N–H and O–H groups in total. The van der Waals surface area contributed by atoms with E-state index in [1.807, 2.05) is 13.0 Å². The molecule has 1 aliphatic carbocycles. The molecule has 2 rings (SSSR count). The molecule has 0 unspecified atom stereocenters. The minimum atomic E-state index is 0.422. The monoisotopic (exact) mass is 221 g/mol. The number of nitrogens with one attached hydrogen (secondary N) is 1. The van der Waals surface area contributed by atoms with E-state index in [-0.39, 0.29) is 0 Å². The van der Waals surface area contributed by atoms with Crippen molar-refractivity contribution in [2.45, 2.75) is 45.3 Å². The molecule has 0 bridgehead atoms.